The van der Waals surface area contributed by atoms with Gasteiger partial charge in [-0.2, -0.15) is 0 Å². The average molecular weight is 399 g/mol. The van der Waals surface area contributed by atoms with Gasteiger partial charge in [0, 0.05) is 22.0 Å². The predicted octanol–water partition coefficient (Wildman–Crippen LogP) is 2.95. The molecule has 0 radical (unpaired) electrons. The third kappa shape index (κ3) is 4.81. The lowest BCUT2D eigenvalue weighted by atomic mass is 10.1. The van der Waals surface area contributed by atoms with E-state index in [0.29, 0.717) is 17.1 Å². The van der Waals surface area contributed by atoms with Crippen LogP contribution in [0.5, 0.6) is 11.5 Å². The number of nitrogens with zero attached hydrogens (tertiary/aromatic N) is 1. The first-order valence-corrected chi connectivity index (χ1v) is 9.70. The number of pyridine rings is 1. The number of aromatic nitrogens is 1. The van der Waals surface area contributed by atoms with Gasteiger partial charge in [-0.05, 0) is 30.3 Å². The summed E-state index contributed by atoms with van der Waals surface area (Å²) in [6.07, 6.45) is 0.767. The highest BCUT2D eigenvalue weighted by molar-refractivity contribution is 8.00. The Morgan fingerprint density at radius 2 is 2.00 bits per heavy atom. The number of aliphatic hydroxyl groups excluding tert-OH is 2. The first-order valence-electron chi connectivity index (χ1n) is 8.72. The number of benzene rings is 2. The van der Waals surface area contributed by atoms with Crippen molar-refractivity contribution < 1.29 is 24.5 Å². The summed E-state index contributed by atoms with van der Waals surface area (Å²) in [6.45, 7) is -0.453. The Bertz CT molecular complexity index is 957. The molecule has 0 spiro atoms. The minimum Gasteiger partial charge on any atom is -0.493 e. The number of Topliss-reactive ketones (excluding diaryl/α,β-unsaturated/α-hetero) is 1. The zero-order valence-corrected chi connectivity index (χ0v) is 16.2. The van der Waals surface area contributed by atoms with E-state index in [-0.39, 0.29) is 24.7 Å². The highest BCUT2D eigenvalue weighted by Crippen LogP contribution is 2.30. The molecule has 2 aromatic carbocycles. The molecule has 1 heterocycles. The van der Waals surface area contributed by atoms with Gasteiger partial charge >= 0.3 is 0 Å². The number of rotatable bonds is 9. The van der Waals surface area contributed by atoms with Crippen molar-refractivity contribution in [2.45, 2.75) is 11.0 Å². The van der Waals surface area contributed by atoms with Crippen molar-refractivity contribution in [2.24, 2.45) is 0 Å². The van der Waals surface area contributed by atoms with Crippen LogP contribution in [0.3, 0.4) is 0 Å². The van der Waals surface area contributed by atoms with Crippen LogP contribution in [-0.2, 0) is 0 Å². The van der Waals surface area contributed by atoms with Crippen molar-refractivity contribution in [3.8, 4) is 11.5 Å². The molecular formula is C21H21NO5S. The molecule has 1 atom stereocenters. The molecule has 146 valence electrons. The fourth-order valence-electron chi connectivity index (χ4n) is 2.62. The van der Waals surface area contributed by atoms with Crippen LogP contribution in [0.15, 0.2) is 59.6 Å². The van der Waals surface area contributed by atoms with Crippen molar-refractivity contribution in [3.63, 3.8) is 0 Å². The van der Waals surface area contributed by atoms with Gasteiger partial charge < -0.3 is 19.7 Å². The van der Waals surface area contributed by atoms with Crippen LogP contribution in [0.1, 0.15) is 10.4 Å². The Morgan fingerprint density at radius 3 is 2.79 bits per heavy atom. The summed E-state index contributed by atoms with van der Waals surface area (Å²) < 4.78 is 10.7. The molecule has 6 nitrogen and oxygen atoms in total. The van der Waals surface area contributed by atoms with Crippen molar-refractivity contribution in [2.75, 3.05) is 26.1 Å². The number of hydrogen-bond donors (Lipinski definition) is 2. The van der Waals surface area contributed by atoms with Gasteiger partial charge in [0.1, 0.15) is 12.7 Å². The first kappa shape index (κ1) is 20.1. The maximum absolute atomic E-state index is 12.6. The smallest absolute Gasteiger partial charge is 0.173 e. The highest BCUT2D eigenvalue weighted by Gasteiger charge is 2.14. The molecule has 0 aliphatic carbocycles. The molecule has 0 amide bonds. The summed E-state index contributed by atoms with van der Waals surface area (Å²) in [5.41, 5.74) is 1.41. The third-order valence-electron chi connectivity index (χ3n) is 4.10. The van der Waals surface area contributed by atoms with Gasteiger partial charge in [0.2, 0.25) is 0 Å². The molecule has 3 aromatic rings. The lowest BCUT2D eigenvalue weighted by Crippen LogP contribution is -2.21. The van der Waals surface area contributed by atoms with Crippen LogP contribution in [0.25, 0.3) is 10.9 Å². The standard InChI is InChI=1S/C21H21NO5S/c1-26-20-10-14(6-7-19(20)27-12-15(24)11-23)18(25)13-28-21-8-9-22-17-5-3-2-4-16(17)21/h2-10,15,23-24H,11-13H2,1H3. The predicted molar refractivity (Wildman–Crippen MR) is 108 cm³/mol. The summed E-state index contributed by atoms with van der Waals surface area (Å²) in [5.74, 6) is 1.04. The van der Waals surface area contributed by atoms with E-state index >= 15 is 0 Å². The molecule has 1 unspecified atom stereocenters. The molecule has 0 aliphatic heterocycles. The molecule has 2 N–H and O–H groups in total. The zero-order valence-electron chi connectivity index (χ0n) is 15.4. The SMILES string of the molecule is COc1cc(C(=O)CSc2ccnc3ccccc23)ccc1OCC(O)CO. The minimum absolute atomic E-state index is 0.0360. The van der Waals surface area contributed by atoms with E-state index in [1.807, 2.05) is 30.3 Å². The Hall–Kier alpha value is -2.61. The molecule has 0 saturated carbocycles. The average Bonchev–Trinajstić information content (AvgIpc) is 2.75. The summed E-state index contributed by atoms with van der Waals surface area (Å²) in [6, 6.07) is 14.6. The maximum Gasteiger partial charge on any atom is 0.173 e. The highest BCUT2D eigenvalue weighted by atomic mass is 32.2. The summed E-state index contributed by atoms with van der Waals surface area (Å²) in [4.78, 5) is 18.0. The molecule has 0 fully saturated rings. The minimum atomic E-state index is -0.974. The summed E-state index contributed by atoms with van der Waals surface area (Å²) in [5, 5.41) is 19.3. The van der Waals surface area contributed by atoms with E-state index < -0.39 is 6.10 Å². The Morgan fingerprint density at radius 1 is 1.18 bits per heavy atom. The first-order chi connectivity index (χ1) is 13.6. The summed E-state index contributed by atoms with van der Waals surface area (Å²) >= 11 is 1.47. The van der Waals surface area contributed by atoms with Gasteiger partial charge in [-0.3, -0.25) is 9.78 Å². The number of carbonyl (C=O) groups is 1. The van der Waals surface area contributed by atoms with Crippen LogP contribution >= 0.6 is 11.8 Å². The lowest BCUT2D eigenvalue weighted by molar-refractivity contribution is 0.0527. The van der Waals surface area contributed by atoms with Crippen molar-refractivity contribution in [1.82, 2.24) is 4.98 Å². The fourth-order valence-corrected chi connectivity index (χ4v) is 3.56. The second kappa shape index (κ2) is 9.54. The van der Waals surface area contributed by atoms with E-state index in [4.69, 9.17) is 14.6 Å². The largest absolute Gasteiger partial charge is 0.493 e. The molecule has 7 heteroatoms. The topological polar surface area (TPSA) is 88.9 Å². The normalized spacial score (nSPS) is 12.0. The fraction of sp³-hybridized carbons (Fsp3) is 0.238. The maximum atomic E-state index is 12.6. The van der Waals surface area contributed by atoms with E-state index in [9.17, 15) is 9.90 Å². The lowest BCUT2D eigenvalue weighted by Gasteiger charge is -2.14. The monoisotopic (exact) mass is 399 g/mol. The number of hydrogen-bond acceptors (Lipinski definition) is 7. The van der Waals surface area contributed by atoms with Crippen LogP contribution in [-0.4, -0.2) is 53.2 Å². The van der Waals surface area contributed by atoms with Gasteiger partial charge in [-0.1, -0.05) is 18.2 Å². The van der Waals surface area contributed by atoms with Gasteiger partial charge in [0.15, 0.2) is 17.3 Å². The van der Waals surface area contributed by atoms with Crippen LogP contribution in [0.4, 0.5) is 0 Å². The van der Waals surface area contributed by atoms with Crippen LogP contribution in [0.2, 0.25) is 0 Å². The molecule has 1 aromatic heterocycles. The molecule has 0 saturated heterocycles. The summed E-state index contributed by atoms with van der Waals surface area (Å²) in [7, 11) is 1.48. The second-order valence-corrected chi connectivity index (χ2v) is 7.07. The molecule has 3 rings (SSSR count). The number of ether oxygens (including phenoxy) is 2. The number of carbonyl (C=O) groups excluding carboxylic acids is 1. The number of thioether (sulfide) groups is 1. The van der Waals surface area contributed by atoms with Crippen molar-refractivity contribution in [3.05, 3.63) is 60.3 Å². The Kier molecular flexibility index (Phi) is 6.86. The number of ketones is 1. The quantitative estimate of drug-likeness (QED) is 0.422. The molecule has 0 bridgehead atoms. The van der Waals surface area contributed by atoms with Gasteiger partial charge in [0.25, 0.3) is 0 Å². The van der Waals surface area contributed by atoms with Crippen LogP contribution in [0, 0.1) is 0 Å². The third-order valence-corrected chi connectivity index (χ3v) is 5.17. The van der Waals surface area contributed by atoms with E-state index in [1.54, 1.807) is 24.4 Å². The van der Waals surface area contributed by atoms with Gasteiger partial charge in [-0.15, -0.1) is 11.8 Å². The van der Waals surface area contributed by atoms with Crippen molar-refractivity contribution >= 4 is 28.4 Å². The molecule has 28 heavy (non-hydrogen) atoms. The number of para-hydroxylation sites is 1. The number of aliphatic hydroxyl groups is 2. The van der Waals surface area contributed by atoms with Gasteiger partial charge in [0.05, 0.1) is 25.0 Å². The number of methoxy groups -OCH3 is 1. The zero-order chi connectivity index (χ0) is 19.9. The second-order valence-electron chi connectivity index (χ2n) is 6.05. The number of fused-ring (bicyclic) bond motifs is 1. The Balaban J connectivity index is 1.70. The van der Waals surface area contributed by atoms with Crippen LogP contribution < -0.4 is 9.47 Å². The van der Waals surface area contributed by atoms with E-state index in [0.717, 1.165) is 15.8 Å². The van der Waals surface area contributed by atoms with Crippen molar-refractivity contribution in [1.29, 1.82) is 0 Å². The van der Waals surface area contributed by atoms with Gasteiger partial charge in [-0.25, -0.2) is 0 Å². The van der Waals surface area contributed by atoms with E-state index in [2.05, 4.69) is 4.98 Å². The van der Waals surface area contributed by atoms with E-state index in [1.165, 1.54) is 18.9 Å². The Labute approximate surface area is 167 Å². The molecular weight excluding hydrogens is 378 g/mol. The molecule has 0 aliphatic rings.